The SMILES string of the molecule is N#CC1C(=N)Oc2ccc3ccccc3c2C1c1c(Cl)cccc1Cl. The Morgan fingerprint density at radius 1 is 0.920 bits per heavy atom. The lowest BCUT2D eigenvalue weighted by Crippen LogP contribution is -2.31. The molecule has 3 aromatic carbocycles. The highest BCUT2D eigenvalue weighted by Gasteiger charge is 2.39. The number of hydrogen-bond acceptors (Lipinski definition) is 3. The summed E-state index contributed by atoms with van der Waals surface area (Å²) < 4.78 is 5.65. The normalized spacial score (nSPS) is 19.2. The van der Waals surface area contributed by atoms with Gasteiger partial charge in [0, 0.05) is 21.5 Å². The summed E-state index contributed by atoms with van der Waals surface area (Å²) in [5.41, 5.74) is 1.50. The minimum Gasteiger partial charge on any atom is -0.442 e. The number of fused-ring (bicyclic) bond motifs is 3. The maximum Gasteiger partial charge on any atom is 0.205 e. The van der Waals surface area contributed by atoms with E-state index in [0.29, 0.717) is 21.4 Å². The highest BCUT2D eigenvalue weighted by Crippen LogP contribution is 2.48. The average molecular weight is 367 g/mol. The fraction of sp³-hybridized carbons (Fsp3) is 0.100. The van der Waals surface area contributed by atoms with Crippen molar-refractivity contribution in [1.82, 2.24) is 0 Å². The Kier molecular flexibility index (Phi) is 3.88. The summed E-state index contributed by atoms with van der Waals surface area (Å²) in [6.45, 7) is 0. The second kappa shape index (κ2) is 6.07. The number of nitrogens with zero attached hydrogens (tertiary/aromatic N) is 1. The number of ether oxygens (including phenoxy) is 1. The van der Waals surface area contributed by atoms with Crippen LogP contribution in [0.15, 0.2) is 54.6 Å². The molecule has 122 valence electrons. The monoisotopic (exact) mass is 366 g/mol. The first-order valence-electron chi connectivity index (χ1n) is 7.73. The van der Waals surface area contributed by atoms with E-state index in [2.05, 4.69) is 6.07 Å². The van der Waals surface area contributed by atoms with E-state index in [1.54, 1.807) is 18.2 Å². The molecule has 0 aromatic heterocycles. The van der Waals surface area contributed by atoms with Crippen molar-refractivity contribution in [2.24, 2.45) is 5.92 Å². The van der Waals surface area contributed by atoms with Gasteiger partial charge in [0.2, 0.25) is 5.90 Å². The van der Waals surface area contributed by atoms with Crippen LogP contribution in [0.1, 0.15) is 17.0 Å². The summed E-state index contributed by atoms with van der Waals surface area (Å²) in [5, 5.41) is 20.8. The van der Waals surface area contributed by atoms with Gasteiger partial charge in [-0.15, -0.1) is 0 Å². The molecule has 0 saturated heterocycles. The second-order valence-electron chi connectivity index (χ2n) is 5.88. The topological polar surface area (TPSA) is 56.9 Å². The predicted molar refractivity (Wildman–Crippen MR) is 99.7 cm³/mol. The quantitative estimate of drug-likeness (QED) is 0.592. The van der Waals surface area contributed by atoms with Crippen LogP contribution in [0.5, 0.6) is 5.75 Å². The fourth-order valence-corrected chi connectivity index (χ4v) is 4.07. The Labute approximate surface area is 154 Å². The highest BCUT2D eigenvalue weighted by atomic mass is 35.5. The molecular formula is C20H12Cl2N2O. The number of nitrogens with one attached hydrogen (secondary N) is 1. The molecule has 0 bridgehead atoms. The maximum atomic E-state index is 9.72. The summed E-state index contributed by atoms with van der Waals surface area (Å²) >= 11 is 12.9. The largest absolute Gasteiger partial charge is 0.442 e. The van der Waals surface area contributed by atoms with Crippen LogP contribution in [-0.2, 0) is 0 Å². The van der Waals surface area contributed by atoms with E-state index in [1.165, 1.54) is 0 Å². The van der Waals surface area contributed by atoms with Gasteiger partial charge < -0.3 is 4.74 Å². The third-order valence-corrected chi connectivity index (χ3v) is 5.19. The van der Waals surface area contributed by atoms with E-state index < -0.39 is 11.8 Å². The lowest BCUT2D eigenvalue weighted by molar-refractivity contribution is 0.453. The summed E-state index contributed by atoms with van der Waals surface area (Å²) in [6, 6.07) is 19.1. The van der Waals surface area contributed by atoms with Crippen molar-refractivity contribution in [3.63, 3.8) is 0 Å². The van der Waals surface area contributed by atoms with Crippen molar-refractivity contribution in [1.29, 1.82) is 10.7 Å². The van der Waals surface area contributed by atoms with Crippen molar-refractivity contribution < 1.29 is 4.74 Å². The number of halogens is 2. The van der Waals surface area contributed by atoms with Crippen molar-refractivity contribution in [3.05, 3.63) is 75.8 Å². The lowest BCUT2D eigenvalue weighted by Gasteiger charge is -2.32. The molecule has 3 aromatic rings. The van der Waals surface area contributed by atoms with Gasteiger partial charge in [-0.25, -0.2) is 0 Å². The zero-order valence-corrected chi connectivity index (χ0v) is 14.5. The van der Waals surface area contributed by atoms with E-state index in [9.17, 15) is 5.26 Å². The third-order valence-electron chi connectivity index (χ3n) is 4.53. The molecule has 4 rings (SSSR count). The van der Waals surface area contributed by atoms with E-state index in [-0.39, 0.29) is 5.90 Å². The molecule has 25 heavy (non-hydrogen) atoms. The fourth-order valence-electron chi connectivity index (χ4n) is 3.44. The third kappa shape index (κ3) is 2.46. The molecule has 3 nitrogen and oxygen atoms in total. The van der Waals surface area contributed by atoms with Crippen molar-refractivity contribution in [2.45, 2.75) is 5.92 Å². The van der Waals surface area contributed by atoms with Gasteiger partial charge in [-0.3, -0.25) is 5.41 Å². The van der Waals surface area contributed by atoms with Gasteiger partial charge in [-0.2, -0.15) is 5.26 Å². The van der Waals surface area contributed by atoms with Crippen LogP contribution in [0.2, 0.25) is 10.0 Å². The molecule has 1 aliphatic rings. The predicted octanol–water partition coefficient (Wildman–Crippen LogP) is 5.79. The molecule has 0 amide bonds. The van der Waals surface area contributed by atoms with Crippen LogP contribution in [-0.4, -0.2) is 5.90 Å². The van der Waals surface area contributed by atoms with Crippen LogP contribution in [0.4, 0.5) is 0 Å². The van der Waals surface area contributed by atoms with Gasteiger partial charge in [0.15, 0.2) is 0 Å². The molecular weight excluding hydrogens is 355 g/mol. The number of hydrogen-bond donors (Lipinski definition) is 1. The molecule has 0 saturated carbocycles. The molecule has 2 atom stereocenters. The number of nitriles is 1. The van der Waals surface area contributed by atoms with Crippen LogP contribution in [0, 0.1) is 22.7 Å². The summed E-state index contributed by atoms with van der Waals surface area (Å²) in [4.78, 5) is 0. The Bertz CT molecular complexity index is 1030. The molecule has 0 spiro atoms. The molecule has 0 aliphatic carbocycles. The molecule has 2 unspecified atom stereocenters. The Morgan fingerprint density at radius 3 is 2.36 bits per heavy atom. The van der Waals surface area contributed by atoms with Gasteiger partial charge in [-0.05, 0) is 34.5 Å². The van der Waals surface area contributed by atoms with E-state index in [1.807, 2.05) is 36.4 Å². The van der Waals surface area contributed by atoms with Gasteiger partial charge in [0.05, 0.1) is 6.07 Å². The zero-order valence-electron chi connectivity index (χ0n) is 13.0. The average Bonchev–Trinajstić information content (AvgIpc) is 2.61. The lowest BCUT2D eigenvalue weighted by atomic mass is 9.77. The minimum atomic E-state index is -0.796. The van der Waals surface area contributed by atoms with Gasteiger partial charge >= 0.3 is 0 Å². The molecule has 1 N–H and O–H groups in total. The standard InChI is InChI=1S/C20H12Cl2N2O/c21-14-6-3-7-15(22)19(14)18-13(10-23)20(24)25-16-9-8-11-4-1-2-5-12(11)17(16)18/h1-9,13,18,24H. The van der Waals surface area contributed by atoms with E-state index in [0.717, 1.165) is 16.3 Å². The van der Waals surface area contributed by atoms with E-state index in [4.69, 9.17) is 33.3 Å². The molecule has 0 radical (unpaired) electrons. The number of benzene rings is 3. The van der Waals surface area contributed by atoms with Gasteiger partial charge in [0.1, 0.15) is 11.7 Å². The van der Waals surface area contributed by atoms with Crippen molar-refractivity contribution in [3.8, 4) is 11.8 Å². The Morgan fingerprint density at radius 2 is 1.64 bits per heavy atom. The molecule has 5 heteroatoms. The Hall–Kier alpha value is -2.54. The number of rotatable bonds is 1. The molecule has 1 aliphatic heterocycles. The van der Waals surface area contributed by atoms with Crippen molar-refractivity contribution >= 4 is 39.9 Å². The first-order valence-corrected chi connectivity index (χ1v) is 8.49. The van der Waals surface area contributed by atoms with Gasteiger partial charge in [0.25, 0.3) is 0 Å². The smallest absolute Gasteiger partial charge is 0.205 e. The molecule has 0 fully saturated rings. The zero-order chi connectivity index (χ0) is 17.6. The summed E-state index contributed by atoms with van der Waals surface area (Å²) in [7, 11) is 0. The maximum absolute atomic E-state index is 9.72. The van der Waals surface area contributed by atoms with Crippen LogP contribution >= 0.6 is 23.2 Å². The van der Waals surface area contributed by atoms with E-state index >= 15 is 0 Å². The summed E-state index contributed by atoms with van der Waals surface area (Å²) in [5.74, 6) is -0.785. The molecule has 1 heterocycles. The second-order valence-corrected chi connectivity index (χ2v) is 6.70. The Balaban J connectivity index is 2.11. The first kappa shape index (κ1) is 16.0. The summed E-state index contributed by atoms with van der Waals surface area (Å²) in [6.07, 6.45) is 0. The highest BCUT2D eigenvalue weighted by molar-refractivity contribution is 6.36. The van der Waals surface area contributed by atoms with Gasteiger partial charge in [-0.1, -0.05) is 59.6 Å². The van der Waals surface area contributed by atoms with Crippen LogP contribution in [0.25, 0.3) is 10.8 Å². The van der Waals surface area contributed by atoms with Crippen LogP contribution < -0.4 is 4.74 Å². The van der Waals surface area contributed by atoms with Crippen LogP contribution in [0.3, 0.4) is 0 Å². The minimum absolute atomic E-state index is 0.0914. The first-order chi connectivity index (χ1) is 12.1. The van der Waals surface area contributed by atoms with Crippen molar-refractivity contribution in [2.75, 3.05) is 0 Å².